The second-order valence-corrected chi connectivity index (χ2v) is 12.6. The first-order chi connectivity index (χ1) is 22.2. The Bertz CT molecular complexity index is 1720. The largest absolute Gasteiger partial charge is 0.489 e. The van der Waals surface area contributed by atoms with Crippen LogP contribution in [0.15, 0.2) is 71.5 Å². The van der Waals surface area contributed by atoms with Crippen molar-refractivity contribution in [2.24, 2.45) is 0 Å². The van der Waals surface area contributed by atoms with Gasteiger partial charge in [0.05, 0.1) is 29.2 Å². The minimum atomic E-state index is -0.119. The van der Waals surface area contributed by atoms with E-state index in [-0.39, 0.29) is 24.2 Å². The van der Waals surface area contributed by atoms with E-state index in [1.807, 2.05) is 80.3 Å². The number of amides is 1. The molecule has 242 valence electrons. The number of benzene rings is 3. The molecule has 3 aromatic carbocycles. The number of fused-ring (bicyclic) bond motifs is 1. The second-order valence-electron chi connectivity index (χ2n) is 12.6. The number of rotatable bonds is 9. The third-order valence-corrected chi connectivity index (χ3v) is 8.73. The molecule has 2 saturated heterocycles. The molecule has 6 rings (SSSR count). The van der Waals surface area contributed by atoms with Crippen molar-refractivity contribution in [1.29, 1.82) is 0 Å². The van der Waals surface area contributed by atoms with Crippen molar-refractivity contribution in [3.63, 3.8) is 0 Å². The van der Waals surface area contributed by atoms with Crippen LogP contribution in [0, 0.1) is 6.92 Å². The number of nitrogens with zero attached hydrogens (tertiary/aromatic N) is 6. The molecule has 1 amide bonds. The Hall–Kier alpha value is -4.41. The number of anilines is 1. The van der Waals surface area contributed by atoms with Crippen LogP contribution in [0.5, 0.6) is 11.5 Å². The summed E-state index contributed by atoms with van der Waals surface area (Å²) in [6, 6.07) is 21.4. The summed E-state index contributed by atoms with van der Waals surface area (Å²) in [5.41, 5.74) is 3.46. The van der Waals surface area contributed by atoms with Gasteiger partial charge >= 0.3 is 0 Å². The monoisotopic (exact) mass is 624 g/mol. The van der Waals surface area contributed by atoms with Crippen molar-refractivity contribution >= 4 is 22.5 Å². The molecule has 0 saturated carbocycles. The van der Waals surface area contributed by atoms with Gasteiger partial charge in [-0.15, -0.1) is 0 Å². The number of aromatic nitrogens is 2. The minimum absolute atomic E-state index is 0.0110. The van der Waals surface area contributed by atoms with E-state index in [1.165, 1.54) is 0 Å². The lowest BCUT2D eigenvalue weighted by Crippen LogP contribution is -2.50. The van der Waals surface area contributed by atoms with Crippen molar-refractivity contribution in [3.8, 4) is 17.2 Å². The predicted molar refractivity (Wildman–Crippen MR) is 181 cm³/mol. The van der Waals surface area contributed by atoms with Crippen LogP contribution >= 0.6 is 0 Å². The lowest BCUT2D eigenvalue weighted by Gasteiger charge is -2.35. The van der Waals surface area contributed by atoms with Gasteiger partial charge in [-0.3, -0.25) is 19.1 Å². The molecule has 10 heteroatoms. The Kier molecular flexibility index (Phi) is 9.56. The van der Waals surface area contributed by atoms with Crippen molar-refractivity contribution in [1.82, 2.24) is 24.3 Å². The maximum atomic E-state index is 14.3. The standard InChI is InChI=1S/C36H44N6O4/c1-26(2)46-33-14-11-28(40-19-15-38(4)16-20-40)23-32(33)42-34(37-31-8-6-5-7-30(31)36(42)44)24-39-17-21-41(22-18-39)35(43)25-45-29-12-9-27(3)10-13-29/h5-14,23,26H,15-22,24-25H2,1-4H3. The molecule has 0 bridgehead atoms. The van der Waals surface area contributed by atoms with Crippen LogP contribution in [-0.2, 0) is 11.3 Å². The van der Waals surface area contributed by atoms with Gasteiger partial charge < -0.3 is 24.2 Å². The molecule has 2 fully saturated rings. The third-order valence-electron chi connectivity index (χ3n) is 8.73. The summed E-state index contributed by atoms with van der Waals surface area (Å²) in [6.07, 6.45) is -0.0681. The quantitative estimate of drug-likeness (QED) is 0.277. The minimum Gasteiger partial charge on any atom is -0.489 e. The molecule has 0 spiro atoms. The summed E-state index contributed by atoms with van der Waals surface area (Å²) >= 11 is 0. The van der Waals surface area contributed by atoms with Gasteiger partial charge in [0, 0.05) is 58.0 Å². The normalized spacial score (nSPS) is 16.3. The van der Waals surface area contributed by atoms with Crippen molar-refractivity contribution in [3.05, 3.63) is 88.5 Å². The van der Waals surface area contributed by atoms with E-state index < -0.39 is 0 Å². The van der Waals surface area contributed by atoms with Gasteiger partial charge in [0.15, 0.2) is 6.61 Å². The lowest BCUT2D eigenvalue weighted by atomic mass is 10.2. The summed E-state index contributed by atoms with van der Waals surface area (Å²) < 4.78 is 13.8. The van der Waals surface area contributed by atoms with Crippen LogP contribution in [0.25, 0.3) is 16.6 Å². The molecule has 2 aliphatic heterocycles. The predicted octanol–water partition coefficient (Wildman–Crippen LogP) is 3.96. The molecule has 4 aromatic rings. The molecule has 2 aliphatic rings. The highest BCUT2D eigenvalue weighted by Crippen LogP contribution is 2.31. The molecule has 0 N–H and O–H groups in total. The highest BCUT2D eigenvalue weighted by molar-refractivity contribution is 5.79. The molecule has 1 aromatic heterocycles. The average Bonchev–Trinajstić information content (AvgIpc) is 3.05. The van der Waals surface area contributed by atoms with Crippen LogP contribution < -0.4 is 19.9 Å². The van der Waals surface area contributed by atoms with E-state index in [9.17, 15) is 9.59 Å². The van der Waals surface area contributed by atoms with Crippen LogP contribution in [0.3, 0.4) is 0 Å². The Morgan fingerprint density at radius 3 is 2.33 bits per heavy atom. The summed E-state index contributed by atoms with van der Waals surface area (Å²) in [4.78, 5) is 41.1. The molecule has 0 aliphatic carbocycles. The van der Waals surface area contributed by atoms with Gasteiger partial charge in [0.25, 0.3) is 11.5 Å². The van der Waals surface area contributed by atoms with Crippen LogP contribution in [0.2, 0.25) is 0 Å². The highest BCUT2D eigenvalue weighted by Gasteiger charge is 2.25. The van der Waals surface area contributed by atoms with E-state index in [1.54, 1.807) is 4.57 Å². The van der Waals surface area contributed by atoms with Gasteiger partial charge in [0.1, 0.15) is 17.3 Å². The average molecular weight is 625 g/mol. The fraction of sp³-hybridized carbons (Fsp3) is 0.417. The number of piperazine rings is 2. The smallest absolute Gasteiger partial charge is 0.266 e. The van der Waals surface area contributed by atoms with Crippen LogP contribution in [0.4, 0.5) is 5.69 Å². The van der Waals surface area contributed by atoms with E-state index in [4.69, 9.17) is 14.5 Å². The molecule has 46 heavy (non-hydrogen) atoms. The molecule has 0 unspecified atom stereocenters. The summed E-state index contributed by atoms with van der Waals surface area (Å²) in [7, 11) is 2.14. The van der Waals surface area contributed by atoms with Gasteiger partial charge in [-0.25, -0.2) is 4.98 Å². The first-order valence-corrected chi connectivity index (χ1v) is 16.2. The SMILES string of the molecule is Cc1ccc(OCC(=O)N2CCN(Cc3nc4ccccc4c(=O)n3-c3cc(N4CCN(C)CC4)ccc3OC(C)C)CC2)cc1. The number of ether oxygens (including phenoxy) is 2. The molecule has 0 atom stereocenters. The third kappa shape index (κ3) is 7.18. The number of carbonyl (C=O) groups is 1. The van der Waals surface area contributed by atoms with Gasteiger partial charge in [0.2, 0.25) is 0 Å². The first kappa shape index (κ1) is 31.6. The molecule has 0 radical (unpaired) electrons. The zero-order valence-electron chi connectivity index (χ0n) is 27.3. The molecular weight excluding hydrogens is 580 g/mol. The van der Waals surface area contributed by atoms with Crippen LogP contribution in [-0.4, -0.2) is 102 Å². The number of para-hydroxylation sites is 1. The number of aryl methyl sites for hydroxylation is 1. The van der Waals surface area contributed by atoms with E-state index in [2.05, 4.69) is 33.9 Å². The zero-order chi connectivity index (χ0) is 32.2. The number of hydrogen-bond donors (Lipinski definition) is 0. The van der Waals surface area contributed by atoms with Gasteiger partial charge in [-0.1, -0.05) is 29.8 Å². The second kappa shape index (κ2) is 13.9. The lowest BCUT2D eigenvalue weighted by molar-refractivity contribution is -0.135. The van der Waals surface area contributed by atoms with E-state index in [0.717, 1.165) is 37.4 Å². The topological polar surface area (TPSA) is 83.4 Å². The van der Waals surface area contributed by atoms with Crippen LogP contribution in [0.1, 0.15) is 25.2 Å². The number of hydrogen-bond acceptors (Lipinski definition) is 8. The molecule has 3 heterocycles. The summed E-state index contributed by atoms with van der Waals surface area (Å²) in [6.45, 7) is 12.7. The Morgan fingerprint density at radius 2 is 1.61 bits per heavy atom. The van der Waals surface area contributed by atoms with Crippen molar-refractivity contribution in [2.45, 2.75) is 33.4 Å². The van der Waals surface area contributed by atoms with Crippen molar-refractivity contribution in [2.75, 3.05) is 70.9 Å². The first-order valence-electron chi connectivity index (χ1n) is 16.2. The maximum Gasteiger partial charge on any atom is 0.266 e. The Labute approximate surface area is 270 Å². The molecule has 10 nitrogen and oxygen atoms in total. The summed E-state index contributed by atoms with van der Waals surface area (Å²) in [5, 5.41) is 0.565. The van der Waals surface area contributed by atoms with E-state index in [0.29, 0.717) is 66.6 Å². The highest BCUT2D eigenvalue weighted by atomic mass is 16.5. The van der Waals surface area contributed by atoms with Gasteiger partial charge in [-0.05, 0) is 70.3 Å². The van der Waals surface area contributed by atoms with Gasteiger partial charge in [-0.2, -0.15) is 0 Å². The molecular formula is C36H44N6O4. The fourth-order valence-corrected chi connectivity index (χ4v) is 6.05. The summed E-state index contributed by atoms with van der Waals surface area (Å²) in [5.74, 6) is 1.96. The number of carbonyl (C=O) groups excluding carboxylic acids is 1. The van der Waals surface area contributed by atoms with Crippen molar-refractivity contribution < 1.29 is 14.3 Å². The maximum absolute atomic E-state index is 14.3. The zero-order valence-corrected chi connectivity index (χ0v) is 27.3. The Balaban J connectivity index is 1.26. The van der Waals surface area contributed by atoms with E-state index >= 15 is 0 Å². The fourth-order valence-electron chi connectivity index (χ4n) is 6.05. The Morgan fingerprint density at radius 1 is 0.891 bits per heavy atom. The number of likely N-dealkylation sites (N-methyl/N-ethyl adjacent to an activating group) is 1.